The molecule has 214 valence electrons. The van der Waals surface area contributed by atoms with Crippen molar-refractivity contribution in [1.82, 2.24) is 14.3 Å². The van der Waals surface area contributed by atoms with Crippen LogP contribution in [0, 0.1) is 22.6 Å². The number of hydrogen-bond acceptors (Lipinski definition) is 7. The van der Waals surface area contributed by atoms with E-state index < -0.39 is 60.7 Å². The van der Waals surface area contributed by atoms with E-state index in [1.165, 1.54) is 34.1 Å². The summed E-state index contributed by atoms with van der Waals surface area (Å²) in [6.45, 7) is 8.31. The van der Waals surface area contributed by atoms with Crippen LogP contribution in [0.15, 0.2) is 29.2 Å². The molecule has 2 N–H and O–H groups in total. The predicted octanol–water partition coefficient (Wildman–Crippen LogP) is 2.40. The van der Waals surface area contributed by atoms with Crippen LogP contribution in [0.4, 0.5) is 4.39 Å². The van der Waals surface area contributed by atoms with Crippen LogP contribution in [0.2, 0.25) is 0 Å². The molecule has 10 nitrogen and oxygen atoms in total. The number of allylic oxidation sites excluding steroid dienone is 1. The summed E-state index contributed by atoms with van der Waals surface area (Å²) in [4.78, 5) is 27.1. The molecular weight excluding hydrogens is 547 g/mol. The summed E-state index contributed by atoms with van der Waals surface area (Å²) < 4.78 is 71.1. The van der Waals surface area contributed by atoms with Gasteiger partial charge in [0, 0.05) is 14.1 Å². The van der Waals surface area contributed by atoms with Crippen molar-refractivity contribution < 1.29 is 30.8 Å². The van der Waals surface area contributed by atoms with Crippen molar-refractivity contribution in [2.45, 2.75) is 58.1 Å². The van der Waals surface area contributed by atoms with Crippen molar-refractivity contribution in [2.24, 2.45) is 5.41 Å². The lowest BCUT2D eigenvalue weighted by atomic mass is 9.82. The molecule has 0 aliphatic heterocycles. The van der Waals surface area contributed by atoms with E-state index in [2.05, 4.69) is 4.72 Å². The Morgan fingerprint density at radius 2 is 1.74 bits per heavy atom. The number of rotatable bonds is 9. The summed E-state index contributed by atoms with van der Waals surface area (Å²) in [6, 6.07) is 3.20. The fraction of sp³-hybridized carbons (Fsp3) is 0.500. The van der Waals surface area contributed by atoms with Crippen LogP contribution in [0.5, 0.6) is 0 Å². The third-order valence-electron chi connectivity index (χ3n) is 6.61. The van der Waals surface area contributed by atoms with E-state index >= 15 is 4.39 Å². The molecule has 0 spiro atoms. The minimum atomic E-state index is -4.59. The Labute approximate surface area is 230 Å². The van der Waals surface area contributed by atoms with Gasteiger partial charge in [-0.05, 0) is 60.7 Å². The third-order valence-corrected chi connectivity index (χ3v) is 9.85. The number of benzene rings is 1. The zero-order chi connectivity index (χ0) is 30.1. The number of halogens is 1. The fourth-order valence-electron chi connectivity index (χ4n) is 4.74. The molecule has 0 saturated heterocycles. The Bertz CT molecular complexity index is 1490. The van der Waals surface area contributed by atoms with E-state index in [4.69, 9.17) is 0 Å². The molecule has 1 aromatic carbocycles. The summed E-state index contributed by atoms with van der Waals surface area (Å²) in [5, 5.41) is 7.75. The number of amides is 2. The van der Waals surface area contributed by atoms with Gasteiger partial charge in [-0.2, -0.15) is 5.26 Å². The van der Waals surface area contributed by atoms with E-state index in [-0.39, 0.29) is 27.5 Å². The molecule has 2 unspecified atom stereocenters. The minimum Gasteiger partial charge on any atom is -0.348 e. The average Bonchev–Trinajstić information content (AvgIpc) is 2.82. The first-order valence-electron chi connectivity index (χ1n) is 12.2. The van der Waals surface area contributed by atoms with Gasteiger partial charge in [0.05, 0.1) is 22.3 Å². The van der Waals surface area contributed by atoms with Crippen LogP contribution in [-0.4, -0.2) is 59.9 Å². The second kappa shape index (κ2) is 11.6. The standard InChI is InChI=1S/C26H35FN4O6S2/c1-15(2)19-11-17(14-28)24(27)23(16(3)4)20(19)12-22(32)30-39(36,37)21-10-9-18(38(34,35)29-6)13-26(21,5)25(33)31(7)8/h9-11,13,15-16,21,29H,12H2,1-8H3,(H,30,32). The van der Waals surface area contributed by atoms with Crippen molar-refractivity contribution >= 4 is 31.9 Å². The molecule has 0 aromatic heterocycles. The molecule has 1 aliphatic carbocycles. The molecule has 0 bridgehead atoms. The van der Waals surface area contributed by atoms with E-state index in [1.54, 1.807) is 13.8 Å². The van der Waals surface area contributed by atoms with Gasteiger partial charge in [-0.15, -0.1) is 0 Å². The maximum atomic E-state index is 15.2. The molecule has 39 heavy (non-hydrogen) atoms. The lowest BCUT2D eigenvalue weighted by Crippen LogP contribution is -2.53. The average molecular weight is 583 g/mol. The second-order valence-electron chi connectivity index (χ2n) is 10.4. The minimum absolute atomic E-state index is 0.153. The molecule has 0 saturated carbocycles. The first-order chi connectivity index (χ1) is 17.8. The highest BCUT2D eigenvalue weighted by atomic mass is 32.2. The molecule has 0 heterocycles. The Morgan fingerprint density at radius 1 is 1.15 bits per heavy atom. The van der Waals surface area contributed by atoms with Crippen LogP contribution >= 0.6 is 0 Å². The molecule has 1 aromatic rings. The van der Waals surface area contributed by atoms with Gasteiger partial charge in [0.15, 0.2) is 0 Å². The van der Waals surface area contributed by atoms with Gasteiger partial charge in [-0.25, -0.2) is 25.9 Å². The van der Waals surface area contributed by atoms with Crippen molar-refractivity contribution in [3.63, 3.8) is 0 Å². The topological polar surface area (TPSA) is 154 Å². The van der Waals surface area contributed by atoms with Crippen LogP contribution in [0.1, 0.15) is 68.7 Å². The molecule has 0 radical (unpaired) electrons. The van der Waals surface area contributed by atoms with Crippen LogP contribution < -0.4 is 9.44 Å². The molecule has 2 amide bonds. The Balaban J connectivity index is 2.57. The Kier molecular flexibility index (Phi) is 9.54. The van der Waals surface area contributed by atoms with Gasteiger partial charge in [-0.1, -0.05) is 33.8 Å². The zero-order valence-electron chi connectivity index (χ0n) is 23.3. The van der Waals surface area contributed by atoms with E-state index in [0.29, 0.717) is 5.56 Å². The highest BCUT2D eigenvalue weighted by Crippen LogP contribution is 2.38. The number of carbonyl (C=O) groups excluding carboxylic acids is 2. The number of nitrogens with one attached hydrogen (secondary N) is 2. The summed E-state index contributed by atoms with van der Waals surface area (Å²) in [5.74, 6) is -3.03. The van der Waals surface area contributed by atoms with Gasteiger partial charge in [-0.3, -0.25) is 14.3 Å². The molecule has 2 atom stereocenters. The molecule has 1 aliphatic rings. The van der Waals surface area contributed by atoms with Gasteiger partial charge >= 0.3 is 0 Å². The number of sulfonamides is 2. The van der Waals surface area contributed by atoms with Gasteiger partial charge < -0.3 is 4.90 Å². The van der Waals surface area contributed by atoms with E-state index in [0.717, 1.165) is 23.1 Å². The first kappa shape index (κ1) is 32.1. The normalized spacial score (nSPS) is 19.5. The lowest BCUT2D eigenvalue weighted by Gasteiger charge is -2.36. The molecular formula is C26H35FN4O6S2. The molecule has 0 fully saturated rings. The smallest absolute Gasteiger partial charge is 0.242 e. The zero-order valence-corrected chi connectivity index (χ0v) is 24.9. The second-order valence-corrected chi connectivity index (χ2v) is 14.1. The number of nitriles is 1. The Hall–Kier alpha value is -3.08. The Morgan fingerprint density at radius 3 is 2.21 bits per heavy atom. The number of carbonyl (C=O) groups is 2. The summed E-state index contributed by atoms with van der Waals surface area (Å²) in [7, 11) is -4.62. The molecule has 13 heteroatoms. The van der Waals surface area contributed by atoms with Crippen molar-refractivity contribution in [3.8, 4) is 6.07 Å². The highest BCUT2D eigenvalue weighted by molar-refractivity contribution is 7.93. The van der Waals surface area contributed by atoms with Crippen molar-refractivity contribution in [2.75, 3.05) is 21.1 Å². The van der Waals surface area contributed by atoms with Crippen molar-refractivity contribution in [1.29, 1.82) is 5.26 Å². The number of hydrogen-bond donors (Lipinski definition) is 2. The largest absolute Gasteiger partial charge is 0.348 e. The van der Waals surface area contributed by atoms with Gasteiger partial charge in [0.25, 0.3) is 0 Å². The van der Waals surface area contributed by atoms with E-state index in [1.807, 2.05) is 24.6 Å². The van der Waals surface area contributed by atoms with E-state index in [9.17, 15) is 31.7 Å². The van der Waals surface area contributed by atoms with Crippen LogP contribution in [-0.2, 0) is 36.1 Å². The highest BCUT2D eigenvalue weighted by Gasteiger charge is 2.49. The fourth-order valence-corrected chi connectivity index (χ4v) is 7.25. The quantitative estimate of drug-likeness (QED) is 0.453. The summed E-state index contributed by atoms with van der Waals surface area (Å²) in [6.07, 6.45) is 2.68. The maximum Gasteiger partial charge on any atom is 0.242 e. The third kappa shape index (κ3) is 6.40. The number of nitrogens with zero attached hydrogens (tertiary/aromatic N) is 2. The molecule has 2 rings (SSSR count). The lowest BCUT2D eigenvalue weighted by molar-refractivity contribution is -0.135. The first-order valence-corrected chi connectivity index (χ1v) is 15.2. The maximum absolute atomic E-state index is 15.2. The van der Waals surface area contributed by atoms with Crippen molar-refractivity contribution in [3.05, 3.63) is 57.3 Å². The monoisotopic (exact) mass is 582 g/mol. The SMILES string of the molecule is CNS(=O)(=O)C1=CC(C)(C(=O)N(C)C)C(S(=O)(=O)NC(=O)Cc2c(C(C)C)cc(C#N)c(F)c2C(C)C)C=C1. The predicted molar refractivity (Wildman–Crippen MR) is 146 cm³/mol. The summed E-state index contributed by atoms with van der Waals surface area (Å²) in [5.41, 5.74) is -1.06. The van der Waals surface area contributed by atoms with Gasteiger partial charge in [0.2, 0.25) is 31.9 Å². The van der Waals surface area contributed by atoms with Crippen LogP contribution in [0.25, 0.3) is 0 Å². The summed E-state index contributed by atoms with van der Waals surface area (Å²) >= 11 is 0. The van der Waals surface area contributed by atoms with Gasteiger partial charge in [0.1, 0.15) is 17.1 Å². The van der Waals surface area contributed by atoms with Crippen LogP contribution in [0.3, 0.4) is 0 Å².